The Labute approximate surface area is 195 Å². The topological polar surface area (TPSA) is 74.6 Å². The molecule has 3 aromatic rings. The molecule has 33 heavy (non-hydrogen) atoms. The molecule has 1 saturated heterocycles. The predicted molar refractivity (Wildman–Crippen MR) is 133 cm³/mol. The van der Waals surface area contributed by atoms with Gasteiger partial charge in [0.05, 0.1) is 17.9 Å². The first-order chi connectivity index (χ1) is 16.0. The Bertz CT molecular complexity index is 1130. The van der Waals surface area contributed by atoms with E-state index in [0.717, 1.165) is 59.4 Å². The van der Waals surface area contributed by atoms with Crippen LogP contribution in [0.2, 0.25) is 0 Å². The number of nitrogens with zero attached hydrogens (tertiary/aromatic N) is 4. The molecule has 1 amide bonds. The first kappa shape index (κ1) is 22.6. The van der Waals surface area contributed by atoms with Crippen molar-refractivity contribution in [3.8, 4) is 5.69 Å². The minimum atomic E-state index is 0.208. The van der Waals surface area contributed by atoms with Gasteiger partial charge in [-0.2, -0.15) is 5.10 Å². The molecule has 0 spiro atoms. The molecule has 1 aromatic heterocycles. The van der Waals surface area contributed by atoms with E-state index in [2.05, 4.69) is 47.8 Å². The Morgan fingerprint density at radius 2 is 1.88 bits per heavy atom. The van der Waals surface area contributed by atoms with E-state index in [1.54, 1.807) is 0 Å². The summed E-state index contributed by atoms with van der Waals surface area (Å²) < 4.78 is 1.99. The molecule has 1 aliphatic heterocycles. The average molecular weight is 445 g/mol. The van der Waals surface area contributed by atoms with Gasteiger partial charge in [0.15, 0.2) is 5.96 Å². The number of aryl methyl sites for hydroxylation is 2. The summed E-state index contributed by atoms with van der Waals surface area (Å²) in [6, 6.07) is 18.5. The van der Waals surface area contributed by atoms with Crippen LogP contribution in [0.15, 0.2) is 59.6 Å². The second-order valence-corrected chi connectivity index (χ2v) is 8.33. The molecule has 4 rings (SSSR count). The largest absolute Gasteiger partial charge is 0.357 e. The van der Waals surface area contributed by atoms with Crippen molar-refractivity contribution in [1.82, 2.24) is 20.4 Å². The van der Waals surface area contributed by atoms with Crippen LogP contribution in [0.25, 0.3) is 5.69 Å². The summed E-state index contributed by atoms with van der Waals surface area (Å²) in [7, 11) is 0. The third kappa shape index (κ3) is 5.42. The Kier molecular flexibility index (Phi) is 7.07. The molecule has 1 aliphatic rings. The summed E-state index contributed by atoms with van der Waals surface area (Å²) in [6.07, 6.45) is 1.58. The van der Waals surface area contributed by atoms with E-state index < -0.39 is 0 Å². The molecule has 2 heterocycles. The number of carbonyl (C=O) groups excluding carboxylic acids is 1. The molecule has 0 atom stereocenters. The molecule has 0 bridgehead atoms. The highest BCUT2D eigenvalue weighted by atomic mass is 16.2. The maximum atomic E-state index is 12.0. The van der Waals surface area contributed by atoms with Gasteiger partial charge in [0, 0.05) is 37.4 Å². The molecule has 0 aliphatic carbocycles. The molecule has 0 unspecified atom stereocenters. The van der Waals surface area contributed by atoms with E-state index in [4.69, 9.17) is 4.99 Å². The van der Waals surface area contributed by atoms with Crippen LogP contribution in [0.3, 0.4) is 0 Å². The second-order valence-electron chi connectivity index (χ2n) is 8.33. The minimum absolute atomic E-state index is 0.208. The lowest BCUT2D eigenvalue weighted by molar-refractivity contribution is -0.117. The van der Waals surface area contributed by atoms with Gasteiger partial charge in [-0.05, 0) is 62.6 Å². The number of amides is 1. The highest BCUT2D eigenvalue weighted by Gasteiger charge is 2.21. The quantitative estimate of drug-likeness (QED) is 0.429. The van der Waals surface area contributed by atoms with Crippen molar-refractivity contribution < 1.29 is 4.79 Å². The molecule has 2 N–H and O–H groups in total. The maximum absolute atomic E-state index is 12.0. The SMILES string of the molecule is CCNC(=NCc1ccc(N2CCCC2=O)cc1)NCc1ccccc1-n1nc(C)cc1C. The van der Waals surface area contributed by atoms with Gasteiger partial charge < -0.3 is 15.5 Å². The summed E-state index contributed by atoms with van der Waals surface area (Å²) in [5.74, 6) is 0.972. The van der Waals surface area contributed by atoms with Gasteiger partial charge in [0.2, 0.25) is 5.91 Å². The minimum Gasteiger partial charge on any atom is -0.357 e. The van der Waals surface area contributed by atoms with E-state index in [1.165, 1.54) is 0 Å². The smallest absolute Gasteiger partial charge is 0.227 e. The van der Waals surface area contributed by atoms with Crippen molar-refractivity contribution in [1.29, 1.82) is 0 Å². The molecular weight excluding hydrogens is 412 g/mol. The lowest BCUT2D eigenvalue weighted by atomic mass is 10.1. The molecular formula is C26H32N6O. The molecule has 0 radical (unpaired) electrons. The summed E-state index contributed by atoms with van der Waals surface area (Å²) in [5, 5.41) is 11.4. The summed E-state index contributed by atoms with van der Waals surface area (Å²) in [5.41, 5.74) is 6.40. The molecule has 2 aromatic carbocycles. The number of rotatable bonds is 7. The number of hydrogen-bond acceptors (Lipinski definition) is 3. The van der Waals surface area contributed by atoms with Gasteiger partial charge in [0.1, 0.15) is 0 Å². The van der Waals surface area contributed by atoms with E-state index in [0.29, 0.717) is 19.5 Å². The fourth-order valence-corrected chi connectivity index (χ4v) is 4.13. The van der Waals surface area contributed by atoms with Crippen LogP contribution in [0, 0.1) is 13.8 Å². The van der Waals surface area contributed by atoms with Crippen molar-refractivity contribution >= 4 is 17.6 Å². The lowest BCUT2D eigenvalue weighted by Crippen LogP contribution is -2.37. The molecule has 7 nitrogen and oxygen atoms in total. The summed E-state index contributed by atoms with van der Waals surface area (Å²) in [6.45, 7) is 8.92. The number of aromatic nitrogens is 2. The van der Waals surface area contributed by atoms with E-state index in [-0.39, 0.29) is 5.91 Å². The number of anilines is 1. The number of aliphatic imine (C=N–C) groups is 1. The summed E-state index contributed by atoms with van der Waals surface area (Å²) >= 11 is 0. The van der Waals surface area contributed by atoms with Crippen molar-refractivity contribution in [3.05, 3.63) is 77.1 Å². The van der Waals surface area contributed by atoms with Gasteiger partial charge in [-0.25, -0.2) is 9.67 Å². The van der Waals surface area contributed by atoms with Crippen LogP contribution in [0.5, 0.6) is 0 Å². The molecule has 0 saturated carbocycles. The van der Waals surface area contributed by atoms with Crippen LogP contribution in [0.4, 0.5) is 5.69 Å². The number of nitrogens with one attached hydrogen (secondary N) is 2. The van der Waals surface area contributed by atoms with Gasteiger partial charge in [-0.15, -0.1) is 0 Å². The number of benzene rings is 2. The fraction of sp³-hybridized carbons (Fsp3) is 0.346. The normalized spacial score (nSPS) is 14.1. The Morgan fingerprint density at radius 1 is 1.09 bits per heavy atom. The summed E-state index contributed by atoms with van der Waals surface area (Å²) in [4.78, 5) is 18.6. The van der Waals surface area contributed by atoms with Crippen LogP contribution in [-0.4, -0.2) is 34.7 Å². The lowest BCUT2D eigenvalue weighted by Gasteiger charge is -2.16. The maximum Gasteiger partial charge on any atom is 0.227 e. The number of guanidine groups is 1. The van der Waals surface area contributed by atoms with Gasteiger partial charge >= 0.3 is 0 Å². The average Bonchev–Trinajstić information content (AvgIpc) is 3.40. The first-order valence-electron chi connectivity index (χ1n) is 11.6. The fourth-order valence-electron chi connectivity index (χ4n) is 4.13. The first-order valence-corrected chi connectivity index (χ1v) is 11.6. The van der Waals surface area contributed by atoms with Crippen molar-refractivity contribution in [2.75, 3.05) is 18.0 Å². The van der Waals surface area contributed by atoms with Crippen molar-refractivity contribution in [2.45, 2.75) is 46.7 Å². The third-order valence-corrected chi connectivity index (χ3v) is 5.76. The Balaban J connectivity index is 1.43. The van der Waals surface area contributed by atoms with Gasteiger partial charge in [0.25, 0.3) is 0 Å². The van der Waals surface area contributed by atoms with E-state index in [1.807, 2.05) is 52.9 Å². The number of carbonyl (C=O) groups is 1. The predicted octanol–water partition coefficient (Wildman–Crippen LogP) is 3.87. The van der Waals surface area contributed by atoms with E-state index in [9.17, 15) is 4.79 Å². The highest BCUT2D eigenvalue weighted by molar-refractivity contribution is 5.95. The highest BCUT2D eigenvalue weighted by Crippen LogP contribution is 2.22. The Hall–Kier alpha value is -3.61. The molecule has 7 heteroatoms. The number of hydrogen-bond donors (Lipinski definition) is 2. The Morgan fingerprint density at radius 3 is 2.55 bits per heavy atom. The van der Waals surface area contributed by atoms with Crippen molar-refractivity contribution in [2.24, 2.45) is 4.99 Å². The molecule has 172 valence electrons. The zero-order valence-corrected chi connectivity index (χ0v) is 19.6. The third-order valence-electron chi connectivity index (χ3n) is 5.76. The second kappa shape index (κ2) is 10.3. The van der Waals surface area contributed by atoms with Gasteiger partial charge in [-0.3, -0.25) is 4.79 Å². The number of para-hydroxylation sites is 1. The molecule has 1 fully saturated rings. The van der Waals surface area contributed by atoms with Crippen LogP contribution in [0.1, 0.15) is 42.3 Å². The van der Waals surface area contributed by atoms with Gasteiger partial charge in [-0.1, -0.05) is 30.3 Å². The standard InChI is InChI=1S/C26H32N6O/c1-4-27-26(28-17-21-11-13-23(14-12-21)31-15-7-10-25(31)33)29-18-22-8-5-6-9-24(22)32-20(3)16-19(2)30-32/h5-6,8-9,11-14,16H,4,7,10,15,17-18H2,1-3H3,(H2,27,28,29). The van der Waals surface area contributed by atoms with Crippen LogP contribution < -0.4 is 15.5 Å². The monoisotopic (exact) mass is 444 g/mol. The van der Waals surface area contributed by atoms with Crippen molar-refractivity contribution in [3.63, 3.8) is 0 Å². The zero-order valence-electron chi connectivity index (χ0n) is 19.6. The van der Waals surface area contributed by atoms with Crippen LogP contribution in [-0.2, 0) is 17.9 Å². The zero-order chi connectivity index (χ0) is 23.2. The van der Waals surface area contributed by atoms with Crippen LogP contribution >= 0.6 is 0 Å². The van der Waals surface area contributed by atoms with E-state index >= 15 is 0 Å².